The van der Waals surface area contributed by atoms with Crippen molar-refractivity contribution in [1.29, 1.82) is 0 Å². The van der Waals surface area contributed by atoms with Gasteiger partial charge in [-0.1, -0.05) is 0 Å². The molecule has 5 rings (SSSR count). The summed E-state index contributed by atoms with van der Waals surface area (Å²) in [7, 11) is 0. The highest BCUT2D eigenvalue weighted by atomic mass is 16.2. The Morgan fingerprint density at radius 1 is 1.12 bits per heavy atom. The van der Waals surface area contributed by atoms with E-state index in [1.807, 2.05) is 28.9 Å². The molecule has 1 aliphatic carbocycles. The number of aryl methyl sites for hydroxylation is 2. The Morgan fingerprint density at radius 3 is 2.88 bits per heavy atom. The number of rotatable bonds is 3. The van der Waals surface area contributed by atoms with Crippen LogP contribution in [0.1, 0.15) is 48.8 Å². The standard InChI is InChI=1S/C19H24N6O/c1-13-21-17-5-2-4-16(17)19(22-13)23-9-7-14(11-23)25-12-15(10-20-25)24-8-3-6-18(24)26/h10,12,14H,2-9,11H2,1H3. The van der Waals surface area contributed by atoms with Gasteiger partial charge >= 0.3 is 0 Å². The first-order valence-electron chi connectivity index (χ1n) is 9.65. The van der Waals surface area contributed by atoms with Crippen LogP contribution in [0.5, 0.6) is 0 Å². The summed E-state index contributed by atoms with van der Waals surface area (Å²) < 4.78 is 2.04. The van der Waals surface area contributed by atoms with Crippen LogP contribution in [0.3, 0.4) is 0 Å². The maximum atomic E-state index is 11.9. The Morgan fingerprint density at radius 2 is 2.04 bits per heavy atom. The molecular formula is C19H24N6O. The van der Waals surface area contributed by atoms with Crippen LogP contribution >= 0.6 is 0 Å². The van der Waals surface area contributed by atoms with Crippen molar-refractivity contribution in [3.63, 3.8) is 0 Å². The summed E-state index contributed by atoms with van der Waals surface area (Å²) in [6.45, 7) is 4.71. The molecule has 2 aromatic rings. The van der Waals surface area contributed by atoms with Crippen LogP contribution in [0.4, 0.5) is 11.5 Å². The zero-order chi connectivity index (χ0) is 17.7. The molecule has 2 saturated heterocycles. The minimum atomic E-state index is 0.213. The zero-order valence-corrected chi connectivity index (χ0v) is 15.2. The Balaban J connectivity index is 1.36. The second-order valence-electron chi connectivity index (χ2n) is 7.59. The van der Waals surface area contributed by atoms with Gasteiger partial charge < -0.3 is 9.80 Å². The number of aromatic nitrogens is 4. The maximum absolute atomic E-state index is 11.9. The van der Waals surface area contributed by atoms with Crippen molar-refractivity contribution in [3.8, 4) is 0 Å². The van der Waals surface area contributed by atoms with Crippen LogP contribution in [0.25, 0.3) is 0 Å². The predicted octanol–water partition coefficient (Wildman–Crippen LogP) is 2.05. The fourth-order valence-corrected chi connectivity index (χ4v) is 4.53. The number of hydrogen-bond donors (Lipinski definition) is 0. The number of fused-ring (bicyclic) bond motifs is 1. The molecule has 0 spiro atoms. The average Bonchev–Trinajstić information content (AvgIpc) is 3.39. The van der Waals surface area contributed by atoms with Crippen molar-refractivity contribution in [3.05, 3.63) is 29.5 Å². The lowest BCUT2D eigenvalue weighted by molar-refractivity contribution is -0.117. The average molecular weight is 352 g/mol. The molecule has 7 nitrogen and oxygen atoms in total. The Bertz CT molecular complexity index is 860. The number of amides is 1. The maximum Gasteiger partial charge on any atom is 0.227 e. The van der Waals surface area contributed by atoms with E-state index in [4.69, 9.17) is 4.98 Å². The minimum absolute atomic E-state index is 0.213. The van der Waals surface area contributed by atoms with Gasteiger partial charge in [-0.15, -0.1) is 0 Å². The summed E-state index contributed by atoms with van der Waals surface area (Å²) in [4.78, 5) is 25.6. The first-order valence-corrected chi connectivity index (χ1v) is 9.65. The Hall–Kier alpha value is -2.44. The van der Waals surface area contributed by atoms with Gasteiger partial charge in [-0.3, -0.25) is 9.48 Å². The molecular weight excluding hydrogens is 328 g/mol. The van der Waals surface area contributed by atoms with Crippen LogP contribution < -0.4 is 9.80 Å². The molecule has 0 bridgehead atoms. The highest BCUT2D eigenvalue weighted by Crippen LogP contribution is 2.33. The Labute approximate surface area is 153 Å². The van der Waals surface area contributed by atoms with E-state index in [0.29, 0.717) is 12.5 Å². The molecule has 3 aliphatic rings. The number of carbonyl (C=O) groups excluding carboxylic acids is 1. The minimum Gasteiger partial charge on any atom is -0.354 e. The molecule has 7 heteroatoms. The topological polar surface area (TPSA) is 67.2 Å². The first-order chi connectivity index (χ1) is 12.7. The molecule has 0 aromatic carbocycles. The lowest BCUT2D eigenvalue weighted by Crippen LogP contribution is -2.24. The number of nitrogens with zero attached hydrogens (tertiary/aromatic N) is 6. The van der Waals surface area contributed by atoms with Gasteiger partial charge in [0.25, 0.3) is 0 Å². The number of hydrogen-bond acceptors (Lipinski definition) is 5. The monoisotopic (exact) mass is 352 g/mol. The quantitative estimate of drug-likeness (QED) is 0.846. The lowest BCUT2D eigenvalue weighted by atomic mass is 10.2. The van der Waals surface area contributed by atoms with Gasteiger partial charge in [-0.2, -0.15) is 5.10 Å². The number of anilines is 2. The summed E-state index contributed by atoms with van der Waals surface area (Å²) in [5.74, 6) is 2.22. The third kappa shape index (κ3) is 2.57. The molecule has 0 radical (unpaired) electrons. The van der Waals surface area contributed by atoms with Crippen molar-refractivity contribution >= 4 is 17.4 Å². The molecule has 1 amide bonds. The molecule has 1 atom stereocenters. The molecule has 26 heavy (non-hydrogen) atoms. The molecule has 0 saturated carbocycles. The van der Waals surface area contributed by atoms with Crippen molar-refractivity contribution in [2.45, 2.75) is 51.5 Å². The normalized spacial score (nSPS) is 22.5. The van der Waals surface area contributed by atoms with Gasteiger partial charge in [0.05, 0.1) is 17.9 Å². The van der Waals surface area contributed by atoms with E-state index in [0.717, 1.165) is 62.6 Å². The van der Waals surface area contributed by atoms with Crippen LogP contribution in [0.2, 0.25) is 0 Å². The number of carbonyl (C=O) groups is 1. The van der Waals surface area contributed by atoms with Crippen LogP contribution in [-0.2, 0) is 17.6 Å². The molecule has 2 aromatic heterocycles. The predicted molar refractivity (Wildman–Crippen MR) is 98.5 cm³/mol. The van der Waals surface area contributed by atoms with Gasteiger partial charge in [0.15, 0.2) is 0 Å². The molecule has 4 heterocycles. The van der Waals surface area contributed by atoms with Gasteiger partial charge in [0.2, 0.25) is 5.91 Å². The van der Waals surface area contributed by atoms with E-state index in [9.17, 15) is 4.79 Å². The fraction of sp³-hybridized carbons (Fsp3) is 0.579. The van der Waals surface area contributed by atoms with Gasteiger partial charge in [0.1, 0.15) is 11.6 Å². The van der Waals surface area contributed by atoms with E-state index in [2.05, 4.69) is 15.0 Å². The molecule has 136 valence electrons. The highest BCUT2D eigenvalue weighted by molar-refractivity contribution is 5.95. The van der Waals surface area contributed by atoms with E-state index in [1.54, 1.807) is 0 Å². The largest absolute Gasteiger partial charge is 0.354 e. The summed E-state index contributed by atoms with van der Waals surface area (Å²) in [5, 5.41) is 4.56. The zero-order valence-electron chi connectivity index (χ0n) is 15.2. The van der Waals surface area contributed by atoms with E-state index < -0.39 is 0 Å². The second-order valence-corrected chi connectivity index (χ2v) is 7.59. The van der Waals surface area contributed by atoms with E-state index >= 15 is 0 Å². The van der Waals surface area contributed by atoms with Crippen molar-refractivity contribution in [1.82, 2.24) is 19.7 Å². The fourth-order valence-electron chi connectivity index (χ4n) is 4.53. The van der Waals surface area contributed by atoms with Crippen LogP contribution in [0, 0.1) is 6.92 Å². The second kappa shape index (κ2) is 6.07. The van der Waals surface area contributed by atoms with E-state index in [-0.39, 0.29) is 5.91 Å². The van der Waals surface area contributed by atoms with Gasteiger partial charge in [-0.25, -0.2) is 9.97 Å². The SMILES string of the molecule is Cc1nc2c(c(N3CCC(n4cc(N5CCCC5=O)cn4)C3)n1)CCC2. The Kier molecular flexibility index (Phi) is 3.69. The van der Waals surface area contributed by atoms with Gasteiger partial charge in [0, 0.05) is 43.5 Å². The summed E-state index contributed by atoms with van der Waals surface area (Å²) in [6.07, 6.45) is 9.87. The molecule has 2 fully saturated rings. The molecule has 0 N–H and O–H groups in total. The van der Waals surface area contributed by atoms with Crippen molar-refractivity contribution in [2.75, 3.05) is 29.4 Å². The van der Waals surface area contributed by atoms with Crippen molar-refractivity contribution < 1.29 is 4.79 Å². The highest BCUT2D eigenvalue weighted by Gasteiger charge is 2.30. The summed E-state index contributed by atoms with van der Waals surface area (Å²) in [5.41, 5.74) is 3.52. The van der Waals surface area contributed by atoms with Crippen LogP contribution in [-0.4, -0.2) is 45.3 Å². The van der Waals surface area contributed by atoms with Gasteiger partial charge in [-0.05, 0) is 39.0 Å². The molecule has 1 unspecified atom stereocenters. The van der Waals surface area contributed by atoms with E-state index in [1.165, 1.54) is 17.7 Å². The third-order valence-electron chi connectivity index (χ3n) is 5.83. The molecule has 2 aliphatic heterocycles. The van der Waals surface area contributed by atoms with Crippen molar-refractivity contribution in [2.24, 2.45) is 0 Å². The smallest absolute Gasteiger partial charge is 0.227 e. The summed E-state index contributed by atoms with van der Waals surface area (Å²) in [6, 6.07) is 0.328. The van der Waals surface area contributed by atoms with Crippen LogP contribution in [0.15, 0.2) is 12.4 Å². The lowest BCUT2D eigenvalue weighted by Gasteiger charge is -2.21. The summed E-state index contributed by atoms with van der Waals surface area (Å²) >= 11 is 0. The first kappa shape index (κ1) is 15.8. The third-order valence-corrected chi connectivity index (χ3v) is 5.83.